The molecule has 0 aliphatic heterocycles. The fourth-order valence-corrected chi connectivity index (χ4v) is 3.97. The molecule has 1 saturated carbocycles. The van der Waals surface area contributed by atoms with Crippen molar-refractivity contribution in [1.82, 2.24) is 15.5 Å². The van der Waals surface area contributed by atoms with Gasteiger partial charge in [-0.15, -0.1) is 10.2 Å². The molecule has 1 heterocycles. The van der Waals surface area contributed by atoms with Crippen molar-refractivity contribution in [2.45, 2.75) is 43.9 Å². The van der Waals surface area contributed by atoms with Crippen molar-refractivity contribution in [1.29, 1.82) is 0 Å². The molecular weight excluding hydrogens is 288 g/mol. The first-order valence-corrected chi connectivity index (χ1v) is 8.71. The van der Waals surface area contributed by atoms with Crippen LogP contribution in [0.1, 0.15) is 43.1 Å². The van der Waals surface area contributed by atoms with Gasteiger partial charge in [-0.3, -0.25) is 9.00 Å². The third-order valence-corrected chi connectivity index (χ3v) is 5.50. The van der Waals surface area contributed by atoms with E-state index in [0.29, 0.717) is 11.5 Å². The SMILES string of the molecule is CCS(=O)C1CCCC(Nc2ccc(C(=O)NC)nn2)C1. The summed E-state index contributed by atoms with van der Waals surface area (Å²) >= 11 is 0. The van der Waals surface area contributed by atoms with E-state index in [1.165, 1.54) is 0 Å². The molecule has 7 heteroatoms. The van der Waals surface area contributed by atoms with Crippen LogP contribution in [0.2, 0.25) is 0 Å². The number of rotatable bonds is 5. The molecular formula is C14H22N4O2S. The number of amides is 1. The number of hydrogen-bond acceptors (Lipinski definition) is 5. The van der Waals surface area contributed by atoms with Gasteiger partial charge in [0.1, 0.15) is 5.82 Å². The van der Waals surface area contributed by atoms with Crippen molar-refractivity contribution in [3.05, 3.63) is 17.8 Å². The number of carbonyl (C=O) groups excluding carboxylic acids is 1. The van der Waals surface area contributed by atoms with E-state index in [9.17, 15) is 9.00 Å². The highest BCUT2D eigenvalue weighted by Gasteiger charge is 2.25. The number of carbonyl (C=O) groups is 1. The number of aromatic nitrogens is 2. The summed E-state index contributed by atoms with van der Waals surface area (Å²) in [5.74, 6) is 1.14. The predicted octanol–water partition coefficient (Wildman–Crippen LogP) is 1.33. The van der Waals surface area contributed by atoms with Crippen molar-refractivity contribution in [2.24, 2.45) is 0 Å². The molecule has 1 aromatic rings. The van der Waals surface area contributed by atoms with Crippen LogP contribution in [-0.4, -0.2) is 44.4 Å². The summed E-state index contributed by atoms with van der Waals surface area (Å²) in [4.78, 5) is 11.4. The zero-order valence-electron chi connectivity index (χ0n) is 12.5. The van der Waals surface area contributed by atoms with E-state index in [-0.39, 0.29) is 17.2 Å². The minimum absolute atomic E-state index is 0.245. The minimum Gasteiger partial charge on any atom is -0.366 e. The van der Waals surface area contributed by atoms with Crippen LogP contribution >= 0.6 is 0 Å². The molecule has 1 fully saturated rings. The summed E-state index contributed by atoms with van der Waals surface area (Å²) in [6, 6.07) is 3.69. The van der Waals surface area contributed by atoms with Crippen LogP contribution in [0.5, 0.6) is 0 Å². The summed E-state index contributed by atoms with van der Waals surface area (Å²) in [6.45, 7) is 1.97. The third kappa shape index (κ3) is 4.23. The molecule has 2 rings (SSSR count). The maximum atomic E-state index is 11.9. The van der Waals surface area contributed by atoms with Gasteiger partial charge in [0.05, 0.1) is 0 Å². The normalized spacial score (nSPS) is 23.3. The van der Waals surface area contributed by atoms with Gasteiger partial charge in [-0.1, -0.05) is 13.3 Å². The van der Waals surface area contributed by atoms with Crippen LogP contribution < -0.4 is 10.6 Å². The molecule has 21 heavy (non-hydrogen) atoms. The Labute approximate surface area is 127 Å². The molecule has 0 aromatic carbocycles. The molecule has 1 aromatic heterocycles. The van der Waals surface area contributed by atoms with Crippen molar-refractivity contribution < 1.29 is 9.00 Å². The van der Waals surface area contributed by atoms with E-state index in [2.05, 4.69) is 20.8 Å². The molecule has 0 spiro atoms. The molecule has 0 radical (unpaired) electrons. The Morgan fingerprint density at radius 1 is 1.38 bits per heavy atom. The Kier molecular flexibility index (Phi) is 5.67. The van der Waals surface area contributed by atoms with E-state index in [1.54, 1.807) is 19.2 Å². The summed E-state index contributed by atoms with van der Waals surface area (Å²) in [5, 5.41) is 14.1. The van der Waals surface area contributed by atoms with Crippen molar-refractivity contribution >= 4 is 22.5 Å². The van der Waals surface area contributed by atoms with Crippen molar-refractivity contribution in [3.8, 4) is 0 Å². The van der Waals surface area contributed by atoms with Crippen LogP contribution in [0.25, 0.3) is 0 Å². The zero-order valence-corrected chi connectivity index (χ0v) is 13.3. The molecule has 6 nitrogen and oxygen atoms in total. The Morgan fingerprint density at radius 2 is 2.19 bits per heavy atom. The fraction of sp³-hybridized carbons (Fsp3) is 0.643. The fourth-order valence-electron chi connectivity index (χ4n) is 2.62. The van der Waals surface area contributed by atoms with Gasteiger partial charge >= 0.3 is 0 Å². The van der Waals surface area contributed by atoms with E-state index in [4.69, 9.17) is 0 Å². The van der Waals surface area contributed by atoms with E-state index < -0.39 is 10.8 Å². The quantitative estimate of drug-likeness (QED) is 0.857. The number of nitrogens with zero attached hydrogens (tertiary/aromatic N) is 2. The number of anilines is 1. The van der Waals surface area contributed by atoms with E-state index in [0.717, 1.165) is 31.4 Å². The molecule has 116 valence electrons. The van der Waals surface area contributed by atoms with Crippen molar-refractivity contribution in [3.63, 3.8) is 0 Å². The van der Waals surface area contributed by atoms with Gasteiger partial charge in [0.2, 0.25) is 0 Å². The summed E-state index contributed by atoms with van der Waals surface area (Å²) in [6.07, 6.45) is 4.08. The lowest BCUT2D eigenvalue weighted by molar-refractivity contribution is 0.0957. The second kappa shape index (κ2) is 7.49. The topological polar surface area (TPSA) is 84.0 Å². The van der Waals surface area contributed by atoms with Crippen LogP contribution in [-0.2, 0) is 10.8 Å². The number of nitrogens with one attached hydrogen (secondary N) is 2. The smallest absolute Gasteiger partial charge is 0.271 e. The first kappa shape index (κ1) is 15.9. The minimum atomic E-state index is -0.732. The largest absolute Gasteiger partial charge is 0.366 e. The van der Waals surface area contributed by atoms with Crippen LogP contribution in [0, 0.1) is 0 Å². The zero-order chi connectivity index (χ0) is 15.2. The second-order valence-corrected chi connectivity index (χ2v) is 7.19. The average molecular weight is 310 g/mol. The van der Waals surface area contributed by atoms with Gasteiger partial charge in [-0.25, -0.2) is 0 Å². The first-order valence-electron chi connectivity index (χ1n) is 7.33. The summed E-state index contributed by atoms with van der Waals surface area (Å²) in [5.41, 5.74) is 0.302. The maximum Gasteiger partial charge on any atom is 0.271 e. The van der Waals surface area contributed by atoms with Gasteiger partial charge in [-0.2, -0.15) is 0 Å². The lowest BCUT2D eigenvalue weighted by Crippen LogP contribution is -2.33. The third-order valence-electron chi connectivity index (χ3n) is 3.76. The molecule has 1 aliphatic carbocycles. The molecule has 2 N–H and O–H groups in total. The van der Waals surface area contributed by atoms with Gasteiger partial charge in [0.25, 0.3) is 5.91 Å². The van der Waals surface area contributed by atoms with E-state index in [1.807, 2.05) is 6.92 Å². The Hall–Kier alpha value is -1.50. The highest BCUT2D eigenvalue weighted by molar-refractivity contribution is 7.85. The maximum absolute atomic E-state index is 11.9. The molecule has 3 unspecified atom stereocenters. The van der Waals surface area contributed by atoms with Gasteiger partial charge in [0.15, 0.2) is 5.69 Å². The van der Waals surface area contributed by atoms with Crippen LogP contribution in [0.3, 0.4) is 0 Å². The lowest BCUT2D eigenvalue weighted by Gasteiger charge is -2.29. The summed E-state index contributed by atoms with van der Waals surface area (Å²) < 4.78 is 11.9. The van der Waals surface area contributed by atoms with Gasteiger partial charge in [-0.05, 0) is 31.4 Å². The van der Waals surface area contributed by atoms with Crippen LogP contribution in [0.4, 0.5) is 5.82 Å². The van der Waals surface area contributed by atoms with Crippen molar-refractivity contribution in [2.75, 3.05) is 18.1 Å². The molecule has 1 amide bonds. The number of hydrogen-bond donors (Lipinski definition) is 2. The van der Waals surface area contributed by atoms with E-state index >= 15 is 0 Å². The predicted molar refractivity (Wildman–Crippen MR) is 83.8 cm³/mol. The highest BCUT2D eigenvalue weighted by atomic mass is 32.2. The second-order valence-electron chi connectivity index (χ2n) is 5.18. The standard InChI is InChI=1S/C14H22N4O2S/c1-3-21(20)11-6-4-5-10(9-11)16-13-8-7-12(17-18-13)14(19)15-2/h7-8,10-11H,3-6,9H2,1-2H3,(H,15,19)(H,16,18). The first-order chi connectivity index (χ1) is 10.1. The molecule has 3 atom stereocenters. The Morgan fingerprint density at radius 3 is 2.81 bits per heavy atom. The summed E-state index contributed by atoms with van der Waals surface area (Å²) in [7, 11) is 0.830. The highest BCUT2D eigenvalue weighted by Crippen LogP contribution is 2.25. The lowest BCUT2D eigenvalue weighted by atomic mass is 9.95. The Bertz CT molecular complexity index is 506. The monoisotopic (exact) mass is 310 g/mol. The molecule has 1 aliphatic rings. The average Bonchev–Trinajstić information content (AvgIpc) is 2.54. The van der Waals surface area contributed by atoms with Crippen LogP contribution in [0.15, 0.2) is 12.1 Å². The Balaban J connectivity index is 1.95. The molecule has 0 saturated heterocycles. The molecule has 0 bridgehead atoms. The van der Waals surface area contributed by atoms with Gasteiger partial charge in [0, 0.05) is 34.9 Å². The van der Waals surface area contributed by atoms with Gasteiger partial charge < -0.3 is 10.6 Å².